The van der Waals surface area contributed by atoms with Gasteiger partial charge in [0, 0.05) is 37.4 Å². The van der Waals surface area contributed by atoms with Crippen molar-refractivity contribution in [3.63, 3.8) is 0 Å². The molecule has 1 aromatic carbocycles. The predicted molar refractivity (Wildman–Crippen MR) is 107 cm³/mol. The van der Waals surface area contributed by atoms with Gasteiger partial charge in [0.25, 0.3) is 0 Å². The molecule has 0 saturated heterocycles. The first-order valence-electron chi connectivity index (χ1n) is 8.81. The van der Waals surface area contributed by atoms with Crippen LogP contribution >= 0.6 is 27.5 Å². The number of pyridine rings is 1. The van der Waals surface area contributed by atoms with Gasteiger partial charge in [-0.15, -0.1) is 0 Å². The number of benzene rings is 1. The lowest BCUT2D eigenvalue weighted by Crippen LogP contribution is -2.32. The summed E-state index contributed by atoms with van der Waals surface area (Å²) in [6, 6.07) is 8.22. The lowest BCUT2D eigenvalue weighted by Gasteiger charge is -2.26. The van der Waals surface area contributed by atoms with Gasteiger partial charge in [0.1, 0.15) is 11.6 Å². The van der Waals surface area contributed by atoms with Crippen molar-refractivity contribution in [2.75, 3.05) is 25.7 Å². The Balaban J connectivity index is 1.69. The number of fused-ring (bicyclic) bond motifs is 2. The molecular formula is C20H22BrClN2O2. The molecule has 2 aliphatic rings. The van der Waals surface area contributed by atoms with E-state index < -0.39 is 0 Å². The average Bonchev–Trinajstić information content (AvgIpc) is 3.21. The van der Waals surface area contributed by atoms with Crippen LogP contribution in [-0.2, 0) is 16.7 Å². The molecule has 0 N–H and O–H groups in total. The maximum atomic E-state index is 6.74. The number of methoxy groups -OCH3 is 2. The van der Waals surface area contributed by atoms with Crippen LogP contribution in [0.5, 0.6) is 5.75 Å². The molecule has 1 aliphatic heterocycles. The molecule has 1 spiro atoms. The zero-order valence-corrected chi connectivity index (χ0v) is 17.3. The van der Waals surface area contributed by atoms with Gasteiger partial charge in [-0.2, -0.15) is 0 Å². The van der Waals surface area contributed by atoms with Gasteiger partial charge in [0.2, 0.25) is 0 Å². The summed E-state index contributed by atoms with van der Waals surface area (Å²) >= 11 is 10.3. The van der Waals surface area contributed by atoms with Gasteiger partial charge >= 0.3 is 0 Å². The van der Waals surface area contributed by atoms with Crippen LogP contribution in [0.3, 0.4) is 0 Å². The molecule has 1 saturated carbocycles. The number of ether oxygens (including phenoxy) is 2. The van der Waals surface area contributed by atoms with Crippen molar-refractivity contribution >= 4 is 33.3 Å². The van der Waals surface area contributed by atoms with Crippen molar-refractivity contribution in [3.05, 3.63) is 51.1 Å². The first kappa shape index (κ1) is 18.1. The summed E-state index contributed by atoms with van der Waals surface area (Å²) in [5.41, 5.74) is 2.44. The fourth-order valence-corrected chi connectivity index (χ4v) is 5.05. The maximum absolute atomic E-state index is 6.74. The normalized spacial score (nSPS) is 24.3. The summed E-state index contributed by atoms with van der Waals surface area (Å²) in [4.78, 5) is 7.08. The van der Waals surface area contributed by atoms with Crippen molar-refractivity contribution in [1.82, 2.24) is 4.98 Å². The molecule has 0 amide bonds. The van der Waals surface area contributed by atoms with Crippen molar-refractivity contribution in [3.8, 4) is 5.75 Å². The van der Waals surface area contributed by atoms with E-state index in [0.29, 0.717) is 6.10 Å². The Morgan fingerprint density at radius 1 is 1.31 bits per heavy atom. The van der Waals surface area contributed by atoms with Crippen LogP contribution in [0, 0.1) is 0 Å². The van der Waals surface area contributed by atoms with E-state index in [1.165, 1.54) is 11.1 Å². The molecule has 4 rings (SSSR count). The third kappa shape index (κ3) is 3.00. The monoisotopic (exact) mass is 436 g/mol. The van der Waals surface area contributed by atoms with Crippen molar-refractivity contribution < 1.29 is 9.47 Å². The van der Waals surface area contributed by atoms with E-state index in [0.717, 1.165) is 53.4 Å². The molecule has 0 unspecified atom stereocenters. The molecule has 138 valence electrons. The first-order valence-corrected chi connectivity index (χ1v) is 9.98. The third-order valence-corrected chi connectivity index (χ3v) is 6.93. The minimum atomic E-state index is 0.0242. The van der Waals surface area contributed by atoms with Crippen molar-refractivity contribution in [2.45, 2.75) is 37.3 Å². The maximum Gasteiger partial charge on any atom is 0.134 e. The van der Waals surface area contributed by atoms with E-state index in [-0.39, 0.29) is 5.41 Å². The second-order valence-corrected chi connectivity index (χ2v) is 8.44. The van der Waals surface area contributed by atoms with E-state index >= 15 is 0 Å². The zero-order valence-electron chi connectivity index (χ0n) is 15.0. The summed E-state index contributed by atoms with van der Waals surface area (Å²) < 4.78 is 11.8. The summed E-state index contributed by atoms with van der Waals surface area (Å²) in [5, 5.41) is 0.795. The summed E-state index contributed by atoms with van der Waals surface area (Å²) in [5.74, 6) is 1.88. The van der Waals surface area contributed by atoms with Crippen LogP contribution in [0.1, 0.15) is 30.4 Å². The Morgan fingerprint density at radius 3 is 2.73 bits per heavy atom. The zero-order chi connectivity index (χ0) is 18.3. The van der Waals surface area contributed by atoms with Crippen molar-refractivity contribution in [1.29, 1.82) is 0 Å². The number of halogens is 2. The second kappa shape index (κ2) is 7.02. The molecule has 0 radical (unpaired) electrons. The van der Waals surface area contributed by atoms with Crippen LogP contribution in [0.25, 0.3) is 0 Å². The highest BCUT2D eigenvalue weighted by atomic mass is 79.9. The predicted octanol–water partition coefficient (Wildman–Crippen LogP) is 4.96. The number of hydrogen-bond donors (Lipinski definition) is 0. The van der Waals surface area contributed by atoms with Gasteiger partial charge in [-0.1, -0.05) is 23.7 Å². The molecule has 4 nitrogen and oxygen atoms in total. The fourth-order valence-electron chi connectivity index (χ4n) is 4.42. The Morgan fingerprint density at radius 2 is 2.08 bits per heavy atom. The Kier molecular flexibility index (Phi) is 4.88. The smallest absolute Gasteiger partial charge is 0.134 e. The lowest BCUT2D eigenvalue weighted by molar-refractivity contribution is 0.104. The minimum Gasteiger partial charge on any atom is -0.497 e. The van der Waals surface area contributed by atoms with Crippen LogP contribution in [-0.4, -0.2) is 31.9 Å². The quantitative estimate of drug-likeness (QED) is 0.677. The topological polar surface area (TPSA) is 34.6 Å². The average molecular weight is 438 g/mol. The first-order chi connectivity index (χ1) is 12.6. The lowest BCUT2D eigenvalue weighted by atomic mass is 9.81. The van der Waals surface area contributed by atoms with Gasteiger partial charge < -0.3 is 14.4 Å². The molecule has 6 heteroatoms. The van der Waals surface area contributed by atoms with E-state index in [1.807, 2.05) is 18.3 Å². The van der Waals surface area contributed by atoms with E-state index in [1.54, 1.807) is 14.2 Å². The van der Waals surface area contributed by atoms with E-state index in [4.69, 9.17) is 26.1 Å². The Labute approximate surface area is 167 Å². The number of rotatable bonds is 4. The Bertz CT molecular complexity index is 814. The molecule has 2 heterocycles. The number of nitrogens with zero attached hydrogens (tertiary/aromatic N) is 2. The second-order valence-electron chi connectivity index (χ2n) is 7.20. The summed E-state index contributed by atoms with van der Waals surface area (Å²) in [6.45, 7) is 1.73. The number of hydrogen-bond acceptors (Lipinski definition) is 4. The van der Waals surface area contributed by atoms with Gasteiger partial charge in [-0.05, 0) is 52.9 Å². The van der Waals surface area contributed by atoms with Gasteiger partial charge in [-0.25, -0.2) is 4.98 Å². The number of anilines is 1. The van der Waals surface area contributed by atoms with Crippen molar-refractivity contribution in [2.24, 2.45) is 0 Å². The molecule has 1 aromatic heterocycles. The largest absolute Gasteiger partial charge is 0.497 e. The van der Waals surface area contributed by atoms with Gasteiger partial charge in [0.05, 0.1) is 22.7 Å². The molecule has 1 aliphatic carbocycles. The molecular weight excluding hydrogens is 416 g/mol. The van der Waals surface area contributed by atoms with Crippen LogP contribution in [0.15, 0.2) is 34.9 Å². The van der Waals surface area contributed by atoms with E-state index in [2.05, 4.69) is 33.0 Å². The van der Waals surface area contributed by atoms with E-state index in [9.17, 15) is 0 Å². The molecule has 0 bridgehead atoms. The number of aromatic nitrogens is 1. The Hall–Kier alpha value is -1.30. The standard InChI is InChI=1S/C20H22BrClN2O2/c1-25-14-5-3-13(4-6-14)11-24-12-20(8-7-15(9-20)26-2)17-18(22)16(21)10-23-19(17)24/h3-6,10,15H,7-9,11-12H2,1-2H3/t15-,20+/m1/s1. The van der Waals surface area contributed by atoms with Crippen LogP contribution in [0.4, 0.5) is 5.82 Å². The van der Waals surface area contributed by atoms with Gasteiger partial charge in [-0.3, -0.25) is 0 Å². The van der Waals surface area contributed by atoms with Crippen LogP contribution in [0.2, 0.25) is 5.02 Å². The fraction of sp³-hybridized carbons (Fsp3) is 0.450. The molecule has 26 heavy (non-hydrogen) atoms. The summed E-state index contributed by atoms with van der Waals surface area (Å²) in [6.07, 6.45) is 5.24. The molecule has 1 fully saturated rings. The van der Waals surface area contributed by atoms with Crippen LogP contribution < -0.4 is 9.64 Å². The SMILES string of the molecule is COc1ccc(CN2C[C@@]3(CC[C@@H](OC)C3)c3c2ncc(Br)c3Cl)cc1. The summed E-state index contributed by atoms with van der Waals surface area (Å²) in [7, 11) is 3.49. The minimum absolute atomic E-state index is 0.0242. The highest BCUT2D eigenvalue weighted by Gasteiger charge is 2.50. The highest BCUT2D eigenvalue weighted by Crippen LogP contribution is 2.54. The highest BCUT2D eigenvalue weighted by molar-refractivity contribution is 9.10. The molecule has 2 atom stereocenters. The molecule has 2 aromatic rings. The van der Waals surface area contributed by atoms with Gasteiger partial charge in [0.15, 0.2) is 0 Å². The third-order valence-electron chi connectivity index (χ3n) is 5.71.